The summed E-state index contributed by atoms with van der Waals surface area (Å²) in [5.74, 6) is 0.726. The molecule has 1 aromatic heterocycles. The third kappa shape index (κ3) is 5.19. The van der Waals surface area contributed by atoms with Crippen LogP contribution in [0.25, 0.3) is 22.1 Å². The highest BCUT2D eigenvalue weighted by molar-refractivity contribution is 5.82. The molecule has 13 heteroatoms. The fourth-order valence-corrected chi connectivity index (χ4v) is 4.65. The van der Waals surface area contributed by atoms with E-state index in [2.05, 4.69) is 0 Å². The molecule has 2 saturated heterocycles. The summed E-state index contributed by atoms with van der Waals surface area (Å²) in [7, 11) is 1.53. The molecule has 8 atom stereocenters. The standard InChI is InChI=1S/C27H30O13/c1-35-14-4-2-13(3-5-14)17-10-36-18-7-6-15(8-16(18)20(17)30)38-25-23(22(32)21(31)19(9-28)39-25)40-26-24(33)27(34,11-29)12-37-26/h2-8,10,19,21-26,28-29,31-34H,9,11-12H2,1H3/t19-,21-,22+,23-,24+,25-,26+,27-/m1/s1. The molecule has 0 spiro atoms. The van der Waals surface area contributed by atoms with Gasteiger partial charge in [-0.25, -0.2) is 0 Å². The van der Waals surface area contributed by atoms with E-state index in [0.717, 1.165) is 0 Å². The third-order valence-electron chi connectivity index (χ3n) is 7.09. The highest BCUT2D eigenvalue weighted by atomic mass is 16.8. The number of hydrogen-bond acceptors (Lipinski definition) is 13. The lowest BCUT2D eigenvalue weighted by atomic mass is 9.98. The molecule has 2 aliphatic rings. The summed E-state index contributed by atoms with van der Waals surface area (Å²) < 4.78 is 33.3. The van der Waals surface area contributed by atoms with E-state index in [1.807, 2.05) is 0 Å². The predicted octanol–water partition coefficient (Wildman–Crippen LogP) is -0.888. The Morgan fingerprint density at radius 1 is 1.00 bits per heavy atom. The van der Waals surface area contributed by atoms with E-state index in [0.29, 0.717) is 16.9 Å². The van der Waals surface area contributed by atoms with E-state index in [4.69, 9.17) is 28.1 Å². The molecule has 5 rings (SSSR count). The lowest BCUT2D eigenvalue weighted by Gasteiger charge is -2.42. The van der Waals surface area contributed by atoms with Crippen LogP contribution >= 0.6 is 0 Å². The topological polar surface area (TPSA) is 198 Å². The minimum Gasteiger partial charge on any atom is -0.497 e. The summed E-state index contributed by atoms with van der Waals surface area (Å²) in [4.78, 5) is 13.3. The zero-order chi connectivity index (χ0) is 28.6. The number of methoxy groups -OCH3 is 1. The van der Waals surface area contributed by atoms with Crippen LogP contribution in [0.15, 0.2) is 57.9 Å². The van der Waals surface area contributed by atoms with Gasteiger partial charge in [0.25, 0.3) is 0 Å². The molecular weight excluding hydrogens is 532 g/mol. The van der Waals surface area contributed by atoms with Crippen LogP contribution in [0.5, 0.6) is 11.5 Å². The van der Waals surface area contributed by atoms with Gasteiger partial charge in [-0.1, -0.05) is 12.1 Å². The van der Waals surface area contributed by atoms with Crippen molar-refractivity contribution in [3.05, 3.63) is 59.0 Å². The maximum Gasteiger partial charge on any atom is 0.229 e. The molecule has 0 saturated carbocycles. The molecule has 13 nitrogen and oxygen atoms in total. The van der Waals surface area contributed by atoms with Crippen LogP contribution in [-0.2, 0) is 14.2 Å². The molecule has 2 aliphatic heterocycles. The van der Waals surface area contributed by atoms with Crippen LogP contribution in [0.1, 0.15) is 0 Å². The first-order valence-electron chi connectivity index (χ1n) is 12.5. The summed E-state index contributed by atoms with van der Waals surface area (Å²) in [6, 6.07) is 11.2. The summed E-state index contributed by atoms with van der Waals surface area (Å²) in [5, 5.41) is 61.1. The van der Waals surface area contributed by atoms with Crippen molar-refractivity contribution >= 4 is 11.0 Å². The predicted molar refractivity (Wildman–Crippen MR) is 136 cm³/mol. The minimum absolute atomic E-state index is 0.102. The second-order valence-corrected chi connectivity index (χ2v) is 9.68. The smallest absolute Gasteiger partial charge is 0.229 e. The van der Waals surface area contributed by atoms with E-state index >= 15 is 0 Å². The fraction of sp³-hybridized carbons (Fsp3) is 0.444. The molecule has 6 N–H and O–H groups in total. The van der Waals surface area contributed by atoms with Crippen LogP contribution in [0, 0.1) is 0 Å². The zero-order valence-electron chi connectivity index (χ0n) is 21.3. The summed E-state index contributed by atoms with van der Waals surface area (Å²) in [6.07, 6.45) is -9.34. The molecule has 3 aromatic rings. The first kappa shape index (κ1) is 28.4. The van der Waals surface area contributed by atoms with Gasteiger partial charge in [-0.2, -0.15) is 0 Å². The molecule has 0 bridgehead atoms. The van der Waals surface area contributed by atoms with Crippen molar-refractivity contribution in [3.63, 3.8) is 0 Å². The maximum atomic E-state index is 13.3. The second kappa shape index (κ2) is 11.4. The van der Waals surface area contributed by atoms with Crippen molar-refractivity contribution in [2.75, 3.05) is 26.9 Å². The Hall–Kier alpha value is -3.11. The lowest BCUT2D eigenvalue weighted by Crippen LogP contribution is -2.62. The van der Waals surface area contributed by atoms with E-state index < -0.39 is 68.5 Å². The Bertz CT molecular complexity index is 1380. The molecular formula is C27H30O13. The quantitative estimate of drug-likeness (QED) is 0.198. The van der Waals surface area contributed by atoms with Crippen molar-refractivity contribution in [2.24, 2.45) is 0 Å². The highest BCUT2D eigenvalue weighted by Gasteiger charge is 2.53. The van der Waals surface area contributed by atoms with Crippen LogP contribution in [0.4, 0.5) is 0 Å². The number of rotatable bonds is 8. The fourth-order valence-electron chi connectivity index (χ4n) is 4.65. The van der Waals surface area contributed by atoms with Crippen molar-refractivity contribution < 1.29 is 58.7 Å². The molecule has 0 radical (unpaired) electrons. The summed E-state index contributed by atoms with van der Waals surface area (Å²) in [5.41, 5.74) is -1.16. The summed E-state index contributed by atoms with van der Waals surface area (Å²) >= 11 is 0. The number of hydrogen-bond donors (Lipinski definition) is 6. The van der Waals surface area contributed by atoms with Gasteiger partial charge in [0.1, 0.15) is 53.4 Å². The van der Waals surface area contributed by atoms with Gasteiger partial charge < -0.3 is 58.7 Å². The molecule has 2 aromatic carbocycles. The first-order valence-corrected chi connectivity index (χ1v) is 12.5. The van der Waals surface area contributed by atoms with Gasteiger partial charge in [0.2, 0.25) is 11.7 Å². The lowest BCUT2D eigenvalue weighted by molar-refractivity contribution is -0.318. The van der Waals surface area contributed by atoms with Crippen molar-refractivity contribution in [2.45, 2.75) is 48.7 Å². The Morgan fingerprint density at radius 3 is 2.38 bits per heavy atom. The van der Waals surface area contributed by atoms with Gasteiger partial charge in [-0.05, 0) is 35.9 Å². The molecule has 216 valence electrons. The van der Waals surface area contributed by atoms with Gasteiger partial charge in [-0.15, -0.1) is 0 Å². The second-order valence-electron chi connectivity index (χ2n) is 9.68. The zero-order valence-corrected chi connectivity index (χ0v) is 21.3. The Balaban J connectivity index is 1.44. The monoisotopic (exact) mass is 562 g/mol. The van der Waals surface area contributed by atoms with E-state index in [-0.39, 0.29) is 22.1 Å². The SMILES string of the molecule is COc1ccc(-c2coc3ccc(O[C@@H]4O[C@H](CO)[C@@H](O)[C@H](O)[C@H]4O[C@@H]4OC[C@](O)(CO)[C@H]4O)cc3c2=O)cc1. The molecule has 0 amide bonds. The Morgan fingerprint density at radius 2 is 1.73 bits per heavy atom. The molecule has 40 heavy (non-hydrogen) atoms. The van der Waals surface area contributed by atoms with Gasteiger partial charge in [0.15, 0.2) is 12.4 Å². The Labute approximate surface area is 227 Å². The van der Waals surface area contributed by atoms with Crippen molar-refractivity contribution in [1.29, 1.82) is 0 Å². The molecule has 0 unspecified atom stereocenters. The third-order valence-corrected chi connectivity index (χ3v) is 7.09. The number of fused-ring (bicyclic) bond motifs is 1. The summed E-state index contributed by atoms with van der Waals surface area (Å²) in [6.45, 7) is -1.93. The maximum absolute atomic E-state index is 13.3. The number of aliphatic hydroxyl groups excluding tert-OH is 5. The van der Waals surface area contributed by atoms with Crippen molar-refractivity contribution in [3.8, 4) is 22.6 Å². The van der Waals surface area contributed by atoms with Gasteiger partial charge in [-0.3, -0.25) is 4.79 Å². The van der Waals surface area contributed by atoms with Gasteiger partial charge in [0, 0.05) is 0 Å². The average molecular weight is 563 g/mol. The molecule has 3 heterocycles. The van der Waals surface area contributed by atoms with Crippen LogP contribution in [-0.4, -0.2) is 106 Å². The number of benzene rings is 2. The largest absolute Gasteiger partial charge is 0.497 e. The van der Waals surface area contributed by atoms with Gasteiger partial charge >= 0.3 is 0 Å². The first-order chi connectivity index (χ1) is 19.2. The van der Waals surface area contributed by atoms with E-state index in [1.54, 1.807) is 24.3 Å². The van der Waals surface area contributed by atoms with Crippen molar-refractivity contribution in [1.82, 2.24) is 0 Å². The highest BCUT2D eigenvalue weighted by Crippen LogP contribution is 2.33. The van der Waals surface area contributed by atoms with Crippen LogP contribution < -0.4 is 14.9 Å². The minimum atomic E-state index is -2.00. The number of ether oxygens (including phenoxy) is 5. The normalized spacial score (nSPS) is 32.3. The van der Waals surface area contributed by atoms with E-state index in [9.17, 15) is 35.4 Å². The molecule has 0 aliphatic carbocycles. The molecule has 2 fully saturated rings. The van der Waals surface area contributed by atoms with Crippen LogP contribution in [0.2, 0.25) is 0 Å². The Kier molecular flexibility index (Phi) is 8.10. The number of aliphatic hydroxyl groups is 6. The van der Waals surface area contributed by atoms with Crippen LogP contribution in [0.3, 0.4) is 0 Å². The van der Waals surface area contributed by atoms with E-state index in [1.165, 1.54) is 31.6 Å². The van der Waals surface area contributed by atoms with Gasteiger partial charge in [0.05, 0.1) is 37.9 Å². The average Bonchev–Trinajstić information content (AvgIpc) is 3.26.